The molecule has 27 heavy (non-hydrogen) atoms. The Balaban J connectivity index is 2.26. The van der Waals surface area contributed by atoms with Gasteiger partial charge in [-0.15, -0.1) is 0 Å². The highest BCUT2D eigenvalue weighted by Crippen LogP contribution is 2.42. The number of phenolic OH excluding ortho intramolecular Hbond substituents is 1. The fourth-order valence-corrected chi connectivity index (χ4v) is 4.77. The summed E-state index contributed by atoms with van der Waals surface area (Å²) in [7, 11) is 0. The maximum atomic E-state index is 12.3. The van der Waals surface area contributed by atoms with Gasteiger partial charge in [0.25, 0.3) is 0 Å². The van der Waals surface area contributed by atoms with Crippen molar-refractivity contribution in [3.8, 4) is 11.5 Å². The number of hydrogen-bond donors (Lipinski definition) is 1. The molecule has 0 aromatic heterocycles. The fraction of sp³-hybridized carbons (Fsp3) is 0.591. The van der Waals surface area contributed by atoms with Crippen LogP contribution >= 0.6 is 27.7 Å². The van der Waals surface area contributed by atoms with Gasteiger partial charge in [-0.1, -0.05) is 47.3 Å². The number of benzene rings is 1. The fourth-order valence-electron chi connectivity index (χ4n) is 3.52. The number of thioether (sulfide) groups is 1. The third kappa shape index (κ3) is 7.19. The Morgan fingerprint density at radius 1 is 1.33 bits per heavy atom. The highest BCUT2D eigenvalue weighted by molar-refractivity contribution is 9.09. The Morgan fingerprint density at radius 3 is 2.85 bits per heavy atom. The normalized spacial score (nSPS) is 16.9. The van der Waals surface area contributed by atoms with Gasteiger partial charge in [-0.25, -0.2) is 4.79 Å². The van der Waals surface area contributed by atoms with Gasteiger partial charge >= 0.3 is 5.30 Å². The van der Waals surface area contributed by atoms with Crippen LogP contribution in [0.2, 0.25) is 0 Å². The van der Waals surface area contributed by atoms with Gasteiger partial charge in [-0.3, -0.25) is 0 Å². The van der Waals surface area contributed by atoms with Crippen molar-refractivity contribution in [2.45, 2.75) is 71.1 Å². The first-order chi connectivity index (χ1) is 13.0. The molecule has 0 aliphatic heterocycles. The van der Waals surface area contributed by atoms with E-state index in [0.29, 0.717) is 5.75 Å². The first kappa shape index (κ1) is 22.4. The minimum absolute atomic E-state index is 0.110. The number of alkyl halides is 1. The average Bonchev–Trinajstić information content (AvgIpc) is 2.62. The second-order valence-electron chi connectivity index (χ2n) is 7.24. The van der Waals surface area contributed by atoms with Crippen LogP contribution in [-0.2, 0) is 6.42 Å². The van der Waals surface area contributed by atoms with Crippen molar-refractivity contribution >= 4 is 33.0 Å². The third-order valence-electron chi connectivity index (χ3n) is 4.88. The van der Waals surface area contributed by atoms with Gasteiger partial charge in [-0.2, -0.15) is 0 Å². The van der Waals surface area contributed by atoms with Crippen molar-refractivity contribution in [3.05, 3.63) is 34.9 Å². The largest absolute Gasteiger partial charge is 0.507 e. The van der Waals surface area contributed by atoms with E-state index in [2.05, 4.69) is 35.9 Å². The standard InChI is InChI=1S/C22H31BrO3S/c1-3-4-5-9-17-14-19(24)21(18-10-6-8-16(2)13-18)20(15-17)26-22(25)27-12-7-11-23/h13-15,18,24H,3-12H2,1-2H3. The van der Waals surface area contributed by atoms with Crippen LogP contribution in [0.15, 0.2) is 23.8 Å². The van der Waals surface area contributed by atoms with Crippen LogP contribution in [0.3, 0.4) is 0 Å². The SMILES string of the molecule is CCCCCc1cc(O)c(C2C=C(C)CCC2)c(OC(=O)SCCCBr)c1. The molecule has 0 bridgehead atoms. The highest BCUT2D eigenvalue weighted by atomic mass is 79.9. The van der Waals surface area contributed by atoms with Crippen LogP contribution in [0.5, 0.6) is 11.5 Å². The summed E-state index contributed by atoms with van der Waals surface area (Å²) >= 11 is 4.58. The molecule has 0 amide bonds. The Hall–Kier alpha value is -0.940. The van der Waals surface area contributed by atoms with Crippen LogP contribution in [0.4, 0.5) is 4.79 Å². The molecule has 1 aromatic rings. The van der Waals surface area contributed by atoms with Crippen LogP contribution in [0.25, 0.3) is 0 Å². The van der Waals surface area contributed by atoms with Crippen molar-refractivity contribution in [2.75, 3.05) is 11.1 Å². The summed E-state index contributed by atoms with van der Waals surface area (Å²) in [6.45, 7) is 4.31. The molecular weight excluding hydrogens is 424 g/mol. The molecule has 1 unspecified atom stereocenters. The lowest BCUT2D eigenvalue weighted by atomic mass is 9.84. The molecule has 0 heterocycles. The van der Waals surface area contributed by atoms with E-state index >= 15 is 0 Å². The van der Waals surface area contributed by atoms with E-state index in [1.807, 2.05) is 12.1 Å². The number of rotatable bonds is 9. The summed E-state index contributed by atoms with van der Waals surface area (Å²) < 4.78 is 5.73. The number of carbonyl (C=O) groups excluding carboxylic acids is 1. The number of ether oxygens (including phenoxy) is 1. The molecule has 3 nitrogen and oxygen atoms in total. The Kier molecular flexibility index (Phi) is 9.77. The summed E-state index contributed by atoms with van der Waals surface area (Å²) in [5.41, 5.74) is 3.14. The molecular formula is C22H31BrO3S. The first-order valence-corrected chi connectivity index (χ1v) is 12.1. The van der Waals surface area contributed by atoms with Gasteiger partial charge in [0.2, 0.25) is 0 Å². The van der Waals surface area contributed by atoms with Gasteiger partial charge in [-0.05, 0) is 74.9 Å². The molecule has 0 spiro atoms. The molecule has 1 N–H and O–H groups in total. The molecule has 0 saturated heterocycles. The van der Waals surface area contributed by atoms with Crippen molar-refractivity contribution in [1.82, 2.24) is 0 Å². The topological polar surface area (TPSA) is 46.5 Å². The summed E-state index contributed by atoms with van der Waals surface area (Å²) in [4.78, 5) is 12.3. The Labute approximate surface area is 176 Å². The van der Waals surface area contributed by atoms with E-state index in [9.17, 15) is 9.90 Å². The summed E-state index contributed by atoms with van der Waals surface area (Å²) in [6, 6.07) is 3.82. The van der Waals surface area contributed by atoms with Gasteiger partial charge in [0.15, 0.2) is 0 Å². The van der Waals surface area contributed by atoms with Crippen LogP contribution in [-0.4, -0.2) is 21.5 Å². The second kappa shape index (κ2) is 11.8. The zero-order chi connectivity index (χ0) is 19.6. The lowest BCUT2D eigenvalue weighted by molar-refractivity contribution is 0.226. The molecule has 0 radical (unpaired) electrons. The molecule has 2 rings (SSSR count). The molecule has 1 aliphatic carbocycles. The number of aromatic hydroxyl groups is 1. The Bertz CT molecular complexity index is 657. The van der Waals surface area contributed by atoms with Gasteiger partial charge in [0.05, 0.1) is 0 Å². The van der Waals surface area contributed by atoms with E-state index < -0.39 is 0 Å². The monoisotopic (exact) mass is 454 g/mol. The lowest BCUT2D eigenvalue weighted by Crippen LogP contribution is -2.09. The molecule has 1 atom stereocenters. The molecule has 1 aromatic carbocycles. The van der Waals surface area contributed by atoms with E-state index in [0.717, 1.165) is 73.6 Å². The predicted molar refractivity (Wildman–Crippen MR) is 119 cm³/mol. The second-order valence-corrected chi connectivity index (χ2v) is 9.06. The molecule has 0 saturated carbocycles. The number of aryl methyl sites for hydroxylation is 1. The van der Waals surface area contributed by atoms with E-state index in [1.165, 1.54) is 17.3 Å². The third-order valence-corrected chi connectivity index (χ3v) is 6.26. The van der Waals surface area contributed by atoms with Crippen molar-refractivity contribution in [3.63, 3.8) is 0 Å². The number of phenols is 1. The predicted octanol–water partition coefficient (Wildman–Crippen LogP) is 7.36. The number of carbonyl (C=O) groups is 1. The number of hydrogen-bond acceptors (Lipinski definition) is 4. The van der Waals surface area contributed by atoms with Crippen molar-refractivity contribution < 1.29 is 14.6 Å². The van der Waals surface area contributed by atoms with Crippen LogP contribution in [0, 0.1) is 0 Å². The minimum atomic E-state index is -0.293. The number of allylic oxidation sites excluding steroid dienone is 2. The molecule has 5 heteroatoms. The van der Waals surface area contributed by atoms with E-state index in [1.54, 1.807) is 0 Å². The summed E-state index contributed by atoms with van der Waals surface area (Å²) in [5, 5.41) is 11.3. The van der Waals surface area contributed by atoms with E-state index in [4.69, 9.17) is 4.74 Å². The zero-order valence-corrected chi connectivity index (χ0v) is 18.8. The van der Waals surface area contributed by atoms with E-state index in [-0.39, 0.29) is 17.0 Å². The smallest absolute Gasteiger partial charge is 0.372 e. The maximum absolute atomic E-state index is 12.3. The maximum Gasteiger partial charge on any atom is 0.372 e. The summed E-state index contributed by atoms with van der Waals surface area (Å²) in [5.74, 6) is 1.63. The average molecular weight is 455 g/mol. The lowest BCUT2D eigenvalue weighted by Gasteiger charge is -2.23. The molecule has 1 aliphatic rings. The summed E-state index contributed by atoms with van der Waals surface area (Å²) in [6.07, 6.45) is 10.6. The number of unbranched alkanes of at least 4 members (excludes halogenated alkanes) is 2. The number of halogens is 1. The molecule has 0 fully saturated rings. The highest BCUT2D eigenvalue weighted by Gasteiger charge is 2.23. The van der Waals surface area contributed by atoms with Crippen molar-refractivity contribution in [2.24, 2.45) is 0 Å². The van der Waals surface area contributed by atoms with Crippen LogP contribution < -0.4 is 4.74 Å². The molecule has 150 valence electrons. The minimum Gasteiger partial charge on any atom is -0.507 e. The van der Waals surface area contributed by atoms with Crippen LogP contribution in [0.1, 0.15) is 75.8 Å². The zero-order valence-electron chi connectivity index (χ0n) is 16.4. The quantitative estimate of drug-likeness (QED) is 0.183. The van der Waals surface area contributed by atoms with Crippen molar-refractivity contribution in [1.29, 1.82) is 0 Å². The first-order valence-electron chi connectivity index (χ1n) is 9.98. The Morgan fingerprint density at radius 2 is 2.15 bits per heavy atom. The van der Waals surface area contributed by atoms with Gasteiger partial charge < -0.3 is 9.84 Å². The van der Waals surface area contributed by atoms with Gasteiger partial charge in [0, 0.05) is 22.6 Å². The van der Waals surface area contributed by atoms with Gasteiger partial charge in [0.1, 0.15) is 11.5 Å².